The third-order valence-electron chi connectivity index (χ3n) is 7.92. The standard InChI is InChI=1S/C28H32NO2.BrH/c30-28(24-10-4-1-5-11-24,25-12-6-2-7-13-25)27-16-19-29(20-17-27,21-18-27)22-23-31-26-14-8-3-9-15-26;/h1-15,30H,16-23H2;1H/q+1;/p-1. The van der Waals surface area contributed by atoms with Crippen molar-refractivity contribution in [2.45, 2.75) is 24.9 Å². The lowest BCUT2D eigenvalue weighted by Gasteiger charge is -2.60. The number of fused-ring (bicyclic) bond motifs is 3. The summed E-state index contributed by atoms with van der Waals surface area (Å²) in [4.78, 5) is 0. The van der Waals surface area contributed by atoms with Crippen LogP contribution in [0.4, 0.5) is 0 Å². The second-order valence-corrected chi connectivity index (χ2v) is 9.37. The van der Waals surface area contributed by atoms with E-state index in [1.807, 2.05) is 66.7 Å². The SMILES string of the molecule is OC(c1ccccc1)(c1ccccc1)C12CC[N+](CCOc3ccccc3)(CC1)CC2.[Br-]. The number of benzene rings is 3. The number of halogens is 1. The first-order valence-electron chi connectivity index (χ1n) is 11.5. The van der Waals surface area contributed by atoms with Gasteiger partial charge in [0.15, 0.2) is 0 Å². The Kier molecular flexibility index (Phi) is 6.75. The maximum Gasteiger partial charge on any atom is 0.137 e. The summed E-state index contributed by atoms with van der Waals surface area (Å²) in [7, 11) is 0. The summed E-state index contributed by atoms with van der Waals surface area (Å²) in [5, 5.41) is 12.4. The predicted molar refractivity (Wildman–Crippen MR) is 124 cm³/mol. The van der Waals surface area contributed by atoms with E-state index in [-0.39, 0.29) is 22.4 Å². The molecule has 4 heteroatoms. The first kappa shape index (κ1) is 23.0. The van der Waals surface area contributed by atoms with Gasteiger partial charge in [0.2, 0.25) is 0 Å². The van der Waals surface area contributed by atoms with E-state index in [4.69, 9.17) is 4.74 Å². The van der Waals surface area contributed by atoms with Crippen LogP contribution in [0, 0.1) is 5.41 Å². The summed E-state index contributed by atoms with van der Waals surface area (Å²) < 4.78 is 7.14. The van der Waals surface area contributed by atoms with Crippen LogP contribution in [-0.4, -0.2) is 42.4 Å². The van der Waals surface area contributed by atoms with Crippen LogP contribution in [0.5, 0.6) is 5.75 Å². The van der Waals surface area contributed by atoms with E-state index >= 15 is 0 Å². The van der Waals surface area contributed by atoms with Gasteiger partial charge in [0, 0.05) is 24.7 Å². The fraction of sp³-hybridized carbons (Fsp3) is 0.357. The van der Waals surface area contributed by atoms with Crippen LogP contribution < -0.4 is 21.7 Å². The van der Waals surface area contributed by atoms with Crippen molar-refractivity contribution in [1.29, 1.82) is 0 Å². The highest BCUT2D eigenvalue weighted by Gasteiger charge is 2.60. The molecule has 3 aliphatic rings. The molecule has 0 radical (unpaired) electrons. The molecular formula is C28H32BrNO2. The smallest absolute Gasteiger partial charge is 0.137 e. The minimum atomic E-state index is -0.952. The Bertz CT molecular complexity index is 930. The first-order chi connectivity index (χ1) is 15.2. The molecule has 3 aromatic rings. The molecule has 168 valence electrons. The molecule has 3 saturated heterocycles. The Morgan fingerprint density at radius 2 is 1.16 bits per heavy atom. The molecule has 0 atom stereocenters. The zero-order chi connectivity index (χ0) is 21.2. The van der Waals surface area contributed by atoms with Gasteiger partial charge in [-0.3, -0.25) is 0 Å². The number of ether oxygens (including phenoxy) is 1. The average molecular weight is 494 g/mol. The highest BCUT2D eigenvalue weighted by molar-refractivity contribution is 5.39. The lowest BCUT2D eigenvalue weighted by molar-refractivity contribution is -0.946. The third kappa shape index (κ3) is 4.00. The van der Waals surface area contributed by atoms with E-state index in [0.717, 1.165) is 73.4 Å². The third-order valence-corrected chi connectivity index (χ3v) is 7.92. The van der Waals surface area contributed by atoms with Crippen molar-refractivity contribution in [1.82, 2.24) is 0 Å². The lowest BCUT2D eigenvalue weighted by atomic mass is 9.56. The Morgan fingerprint density at radius 1 is 0.719 bits per heavy atom. The van der Waals surface area contributed by atoms with E-state index in [1.165, 1.54) is 0 Å². The van der Waals surface area contributed by atoms with E-state index < -0.39 is 5.60 Å². The molecule has 0 unspecified atom stereocenters. The molecule has 1 N–H and O–H groups in total. The fourth-order valence-electron chi connectivity index (χ4n) is 5.95. The molecule has 0 aromatic heterocycles. The summed E-state index contributed by atoms with van der Waals surface area (Å²) in [6.45, 7) is 5.12. The molecule has 32 heavy (non-hydrogen) atoms. The minimum absolute atomic E-state index is 0. The number of hydrogen-bond acceptors (Lipinski definition) is 2. The molecule has 3 heterocycles. The molecule has 3 fully saturated rings. The second kappa shape index (κ2) is 9.38. The van der Waals surface area contributed by atoms with Crippen molar-refractivity contribution in [3.8, 4) is 5.75 Å². The van der Waals surface area contributed by atoms with Crippen LogP contribution in [-0.2, 0) is 5.60 Å². The number of rotatable bonds is 7. The molecule has 0 spiro atoms. The van der Waals surface area contributed by atoms with E-state index in [0.29, 0.717) is 0 Å². The lowest BCUT2D eigenvalue weighted by Crippen LogP contribution is -3.00. The summed E-state index contributed by atoms with van der Waals surface area (Å²) in [6, 6.07) is 30.8. The maximum absolute atomic E-state index is 12.4. The fourth-order valence-corrected chi connectivity index (χ4v) is 5.95. The molecular weight excluding hydrogens is 462 g/mol. The summed E-state index contributed by atoms with van der Waals surface area (Å²) >= 11 is 0. The van der Waals surface area contributed by atoms with E-state index in [1.54, 1.807) is 0 Å². The van der Waals surface area contributed by atoms with Gasteiger partial charge in [-0.2, -0.15) is 0 Å². The van der Waals surface area contributed by atoms with Gasteiger partial charge in [0.05, 0.1) is 19.6 Å². The second-order valence-electron chi connectivity index (χ2n) is 9.37. The molecule has 0 aliphatic carbocycles. The average Bonchev–Trinajstić information content (AvgIpc) is 2.86. The topological polar surface area (TPSA) is 29.5 Å². The molecule has 3 aromatic carbocycles. The number of piperidine rings is 3. The van der Waals surface area contributed by atoms with Crippen molar-refractivity contribution in [2.24, 2.45) is 5.41 Å². The number of hydrogen-bond donors (Lipinski definition) is 1. The Hall–Kier alpha value is -2.14. The molecule has 0 amide bonds. The van der Waals surface area contributed by atoms with Crippen LogP contribution in [0.2, 0.25) is 0 Å². The summed E-state index contributed by atoms with van der Waals surface area (Å²) in [6.07, 6.45) is 3.12. The number of para-hydroxylation sites is 1. The quantitative estimate of drug-likeness (QED) is 0.510. The van der Waals surface area contributed by atoms with Gasteiger partial charge in [-0.25, -0.2) is 0 Å². The molecule has 3 nitrogen and oxygen atoms in total. The van der Waals surface area contributed by atoms with Gasteiger partial charge in [-0.15, -0.1) is 0 Å². The van der Waals surface area contributed by atoms with Crippen LogP contribution in [0.15, 0.2) is 91.0 Å². The van der Waals surface area contributed by atoms with Gasteiger partial charge in [-0.1, -0.05) is 78.9 Å². The molecule has 2 bridgehead atoms. The summed E-state index contributed by atoms with van der Waals surface area (Å²) in [5.41, 5.74) is 0.980. The van der Waals surface area contributed by atoms with Crippen molar-refractivity contribution >= 4 is 0 Å². The maximum atomic E-state index is 12.4. The van der Waals surface area contributed by atoms with Crippen molar-refractivity contribution in [2.75, 3.05) is 32.8 Å². The van der Waals surface area contributed by atoms with Crippen molar-refractivity contribution in [3.63, 3.8) is 0 Å². The van der Waals surface area contributed by atoms with Gasteiger partial charge in [0.25, 0.3) is 0 Å². The Morgan fingerprint density at radius 3 is 1.62 bits per heavy atom. The van der Waals surface area contributed by atoms with E-state index in [9.17, 15) is 5.11 Å². The monoisotopic (exact) mass is 493 g/mol. The molecule has 6 rings (SSSR count). The highest BCUT2D eigenvalue weighted by atomic mass is 79.9. The normalized spacial score (nSPS) is 24.5. The highest BCUT2D eigenvalue weighted by Crippen LogP contribution is 2.57. The Labute approximate surface area is 202 Å². The van der Waals surface area contributed by atoms with Gasteiger partial charge < -0.3 is 31.3 Å². The van der Waals surface area contributed by atoms with Crippen LogP contribution >= 0.6 is 0 Å². The number of nitrogens with zero attached hydrogens (tertiary/aromatic N) is 1. The zero-order valence-electron chi connectivity index (χ0n) is 18.5. The van der Waals surface area contributed by atoms with Gasteiger partial charge >= 0.3 is 0 Å². The predicted octanol–water partition coefficient (Wildman–Crippen LogP) is 2.01. The number of aliphatic hydroxyl groups is 1. The molecule has 0 saturated carbocycles. The van der Waals surface area contributed by atoms with Crippen molar-refractivity contribution < 1.29 is 31.3 Å². The van der Waals surface area contributed by atoms with Crippen LogP contribution in [0.3, 0.4) is 0 Å². The van der Waals surface area contributed by atoms with Crippen molar-refractivity contribution in [3.05, 3.63) is 102 Å². The minimum Gasteiger partial charge on any atom is -1.00 e. The van der Waals surface area contributed by atoms with Gasteiger partial charge in [-0.05, 0) is 23.3 Å². The van der Waals surface area contributed by atoms with Crippen LogP contribution in [0.1, 0.15) is 30.4 Å². The summed E-state index contributed by atoms with van der Waals surface area (Å²) in [5.74, 6) is 0.951. The largest absolute Gasteiger partial charge is 1.00 e. The molecule has 3 aliphatic heterocycles. The van der Waals surface area contributed by atoms with E-state index in [2.05, 4.69) is 24.3 Å². The van der Waals surface area contributed by atoms with Crippen LogP contribution in [0.25, 0.3) is 0 Å². The zero-order valence-corrected chi connectivity index (χ0v) is 20.1. The Balaban J connectivity index is 0.00000245. The van der Waals surface area contributed by atoms with Gasteiger partial charge in [0.1, 0.15) is 24.5 Å². The first-order valence-corrected chi connectivity index (χ1v) is 11.5. The number of quaternary nitrogens is 1.